The highest BCUT2D eigenvalue weighted by atomic mass is 16.2. The lowest BCUT2D eigenvalue weighted by molar-refractivity contribution is -0.118. The summed E-state index contributed by atoms with van der Waals surface area (Å²) in [5.74, 6) is -0.496. The van der Waals surface area contributed by atoms with Gasteiger partial charge in [-0.2, -0.15) is 0 Å². The number of hydrogen-bond acceptors (Lipinski definition) is 2. The molecule has 2 aromatic carbocycles. The smallest absolute Gasteiger partial charge is 0.254 e. The summed E-state index contributed by atoms with van der Waals surface area (Å²) >= 11 is 0. The van der Waals surface area contributed by atoms with Crippen molar-refractivity contribution in [3.8, 4) is 11.3 Å². The van der Waals surface area contributed by atoms with Gasteiger partial charge in [-0.3, -0.25) is 9.59 Å². The fourth-order valence-electron chi connectivity index (χ4n) is 3.11. The number of nitrogens with two attached hydrogens (primary N) is 1. The second-order valence-corrected chi connectivity index (χ2v) is 5.99. The minimum Gasteiger partial charge on any atom is -0.370 e. The largest absolute Gasteiger partial charge is 0.370 e. The molecule has 3 N–H and O–H groups in total. The van der Waals surface area contributed by atoms with E-state index in [1.807, 2.05) is 66.2 Å². The fraction of sp³-hybridized carbons (Fsp3) is 0.200. The van der Waals surface area contributed by atoms with Crippen LogP contribution in [0, 0.1) is 0 Å². The molecule has 3 aromatic rings. The number of carbonyl (C=O) groups is 2. The fourth-order valence-corrected chi connectivity index (χ4v) is 3.11. The molecule has 0 radical (unpaired) electrons. The molecule has 0 aliphatic heterocycles. The van der Waals surface area contributed by atoms with Crippen LogP contribution < -0.4 is 11.1 Å². The third-order valence-corrected chi connectivity index (χ3v) is 4.27. The summed E-state index contributed by atoms with van der Waals surface area (Å²) in [5, 5.41) is 3.82. The second kappa shape index (κ2) is 7.21. The molecular weight excluding hydrogens is 314 g/mol. The minimum absolute atomic E-state index is 0.139. The van der Waals surface area contributed by atoms with Gasteiger partial charge >= 0.3 is 0 Å². The van der Waals surface area contributed by atoms with Crippen LogP contribution in [0.15, 0.2) is 54.6 Å². The summed E-state index contributed by atoms with van der Waals surface area (Å²) in [7, 11) is 1.97. The number of carbonyl (C=O) groups excluding carboxylic acids is 2. The first-order chi connectivity index (χ1) is 12.1. The lowest BCUT2D eigenvalue weighted by atomic mass is 10.0. The van der Waals surface area contributed by atoms with Crippen LogP contribution in [0.4, 0.5) is 0 Å². The van der Waals surface area contributed by atoms with E-state index in [-0.39, 0.29) is 18.2 Å². The molecule has 0 saturated heterocycles. The van der Waals surface area contributed by atoms with E-state index in [0.717, 1.165) is 22.2 Å². The van der Waals surface area contributed by atoms with Crippen molar-refractivity contribution >= 4 is 22.7 Å². The Balaban J connectivity index is 2.01. The number of para-hydroxylation sites is 1. The SMILES string of the molecule is Cn1c(-c2ccccc2)c(C(=O)NCCCC(N)=O)c2ccccc21. The number of rotatable bonds is 6. The van der Waals surface area contributed by atoms with Gasteiger partial charge in [0.05, 0.1) is 11.3 Å². The van der Waals surface area contributed by atoms with Crippen LogP contribution >= 0.6 is 0 Å². The molecule has 128 valence electrons. The summed E-state index contributed by atoms with van der Waals surface area (Å²) in [5.41, 5.74) is 8.68. The standard InChI is InChI=1S/C20H21N3O2/c1-23-16-11-6-5-10-15(16)18(19(23)14-8-3-2-4-9-14)20(25)22-13-7-12-17(21)24/h2-6,8-11H,7,12-13H2,1H3,(H2,21,24)(H,22,25). The molecule has 5 nitrogen and oxygen atoms in total. The van der Waals surface area contributed by atoms with Crippen LogP contribution in [0.25, 0.3) is 22.2 Å². The average molecular weight is 335 g/mol. The maximum atomic E-state index is 12.9. The Kier molecular flexibility index (Phi) is 4.84. The number of fused-ring (bicyclic) bond motifs is 1. The van der Waals surface area contributed by atoms with Crippen molar-refractivity contribution < 1.29 is 9.59 Å². The molecule has 0 aliphatic carbocycles. The van der Waals surface area contributed by atoms with E-state index in [2.05, 4.69) is 5.32 Å². The predicted octanol–water partition coefficient (Wildman–Crippen LogP) is 2.84. The van der Waals surface area contributed by atoms with E-state index in [9.17, 15) is 9.59 Å². The van der Waals surface area contributed by atoms with Gasteiger partial charge in [0.15, 0.2) is 0 Å². The highest BCUT2D eigenvalue weighted by Gasteiger charge is 2.21. The first kappa shape index (κ1) is 16.8. The molecule has 1 heterocycles. The molecule has 0 bridgehead atoms. The average Bonchev–Trinajstić information content (AvgIpc) is 2.92. The lowest BCUT2D eigenvalue weighted by Crippen LogP contribution is -2.26. The zero-order chi connectivity index (χ0) is 17.8. The van der Waals surface area contributed by atoms with Crippen molar-refractivity contribution in [1.82, 2.24) is 9.88 Å². The number of amides is 2. The van der Waals surface area contributed by atoms with Gasteiger partial charge in [-0.05, 0) is 18.1 Å². The van der Waals surface area contributed by atoms with Crippen LogP contribution in [0.1, 0.15) is 23.2 Å². The molecular formula is C20H21N3O2. The summed E-state index contributed by atoms with van der Waals surface area (Å²) in [6.45, 7) is 0.416. The highest BCUT2D eigenvalue weighted by Crippen LogP contribution is 2.32. The van der Waals surface area contributed by atoms with E-state index in [1.165, 1.54) is 0 Å². The second-order valence-electron chi connectivity index (χ2n) is 5.99. The van der Waals surface area contributed by atoms with E-state index in [1.54, 1.807) is 0 Å². The van der Waals surface area contributed by atoms with Crippen molar-refractivity contribution in [2.24, 2.45) is 12.8 Å². The first-order valence-electron chi connectivity index (χ1n) is 8.29. The van der Waals surface area contributed by atoms with E-state index in [0.29, 0.717) is 18.5 Å². The summed E-state index contributed by atoms with van der Waals surface area (Å²) in [4.78, 5) is 23.7. The number of aromatic nitrogens is 1. The number of aryl methyl sites for hydroxylation is 1. The Morgan fingerprint density at radius 2 is 1.72 bits per heavy atom. The molecule has 0 fully saturated rings. The zero-order valence-electron chi connectivity index (χ0n) is 14.2. The minimum atomic E-state index is -0.357. The van der Waals surface area contributed by atoms with Crippen LogP contribution in [-0.4, -0.2) is 22.9 Å². The molecule has 0 aliphatic rings. The molecule has 0 saturated carbocycles. The van der Waals surface area contributed by atoms with Crippen LogP contribution in [0.3, 0.4) is 0 Å². The van der Waals surface area contributed by atoms with Gasteiger partial charge in [0, 0.05) is 30.9 Å². The zero-order valence-corrected chi connectivity index (χ0v) is 14.2. The maximum Gasteiger partial charge on any atom is 0.254 e. The van der Waals surface area contributed by atoms with E-state index < -0.39 is 0 Å². The summed E-state index contributed by atoms with van der Waals surface area (Å²) in [6, 6.07) is 17.7. The number of benzene rings is 2. The van der Waals surface area contributed by atoms with Gasteiger partial charge in [0.2, 0.25) is 5.91 Å². The highest BCUT2D eigenvalue weighted by molar-refractivity contribution is 6.12. The van der Waals surface area contributed by atoms with Gasteiger partial charge in [-0.15, -0.1) is 0 Å². The molecule has 0 spiro atoms. The van der Waals surface area contributed by atoms with Crippen molar-refractivity contribution in [2.75, 3.05) is 6.54 Å². The van der Waals surface area contributed by atoms with Gasteiger partial charge in [-0.1, -0.05) is 48.5 Å². The van der Waals surface area contributed by atoms with Gasteiger partial charge in [-0.25, -0.2) is 0 Å². The molecule has 5 heteroatoms. The number of nitrogens with zero attached hydrogens (tertiary/aromatic N) is 1. The molecule has 1 aromatic heterocycles. The van der Waals surface area contributed by atoms with Crippen molar-refractivity contribution in [1.29, 1.82) is 0 Å². The Morgan fingerprint density at radius 1 is 1.04 bits per heavy atom. The monoisotopic (exact) mass is 335 g/mol. The Bertz CT molecular complexity index is 913. The van der Waals surface area contributed by atoms with Crippen LogP contribution in [-0.2, 0) is 11.8 Å². The van der Waals surface area contributed by atoms with Crippen molar-refractivity contribution in [2.45, 2.75) is 12.8 Å². The van der Waals surface area contributed by atoms with Gasteiger partial charge in [0.1, 0.15) is 0 Å². The maximum absolute atomic E-state index is 12.9. The van der Waals surface area contributed by atoms with Gasteiger partial charge in [0.25, 0.3) is 5.91 Å². The van der Waals surface area contributed by atoms with E-state index >= 15 is 0 Å². The van der Waals surface area contributed by atoms with Gasteiger partial charge < -0.3 is 15.6 Å². The number of nitrogens with one attached hydrogen (secondary N) is 1. The topological polar surface area (TPSA) is 77.1 Å². The quantitative estimate of drug-likeness (QED) is 0.680. The molecule has 25 heavy (non-hydrogen) atoms. The number of primary amides is 1. The summed E-state index contributed by atoms with van der Waals surface area (Å²) < 4.78 is 2.04. The molecule has 0 unspecified atom stereocenters. The van der Waals surface area contributed by atoms with Crippen LogP contribution in [0.2, 0.25) is 0 Å². The normalized spacial score (nSPS) is 10.8. The molecule has 2 amide bonds. The number of hydrogen-bond donors (Lipinski definition) is 2. The summed E-state index contributed by atoms with van der Waals surface area (Å²) in [6.07, 6.45) is 0.799. The lowest BCUT2D eigenvalue weighted by Gasteiger charge is -2.09. The Hall–Kier alpha value is -3.08. The van der Waals surface area contributed by atoms with E-state index in [4.69, 9.17) is 5.73 Å². The predicted molar refractivity (Wildman–Crippen MR) is 99.1 cm³/mol. The molecule has 0 atom stereocenters. The van der Waals surface area contributed by atoms with Crippen molar-refractivity contribution in [3.63, 3.8) is 0 Å². The Morgan fingerprint density at radius 3 is 2.44 bits per heavy atom. The van der Waals surface area contributed by atoms with Crippen molar-refractivity contribution in [3.05, 3.63) is 60.2 Å². The van der Waals surface area contributed by atoms with Crippen LogP contribution in [0.5, 0.6) is 0 Å². The Labute approximate surface area is 146 Å². The first-order valence-corrected chi connectivity index (χ1v) is 8.29. The third kappa shape index (κ3) is 3.40. The molecule has 3 rings (SSSR count). The third-order valence-electron chi connectivity index (χ3n) is 4.27.